The van der Waals surface area contributed by atoms with Gasteiger partial charge in [0.2, 0.25) is 0 Å². The summed E-state index contributed by atoms with van der Waals surface area (Å²) in [5.41, 5.74) is 0.512. The standard InChI is InChI=1S/C17H10Cl3NO4/c1-25-15-3-2-8(4-13(15)20)14(22)7-21-16(23)9-5-11(18)12(19)6-10(9)17(21)24/h2-6H,7H2,1H3. The maximum Gasteiger partial charge on any atom is 0.262 e. The largest absolute Gasteiger partial charge is 0.495 e. The lowest BCUT2D eigenvalue weighted by atomic mass is 10.1. The van der Waals surface area contributed by atoms with Crippen molar-refractivity contribution in [2.45, 2.75) is 0 Å². The number of imide groups is 1. The lowest BCUT2D eigenvalue weighted by Gasteiger charge is -2.13. The van der Waals surface area contributed by atoms with E-state index in [4.69, 9.17) is 39.5 Å². The Balaban J connectivity index is 1.86. The van der Waals surface area contributed by atoms with Gasteiger partial charge >= 0.3 is 0 Å². The molecule has 2 aromatic carbocycles. The summed E-state index contributed by atoms with van der Waals surface area (Å²) in [6, 6.07) is 7.13. The number of hydrogen-bond donors (Lipinski definition) is 0. The number of carbonyl (C=O) groups excluding carboxylic acids is 3. The molecule has 5 nitrogen and oxygen atoms in total. The van der Waals surface area contributed by atoms with Gasteiger partial charge in [-0.2, -0.15) is 0 Å². The Morgan fingerprint density at radius 3 is 2.00 bits per heavy atom. The summed E-state index contributed by atoms with van der Waals surface area (Å²) in [4.78, 5) is 38.1. The van der Waals surface area contributed by atoms with Gasteiger partial charge in [-0.3, -0.25) is 19.3 Å². The highest BCUT2D eigenvalue weighted by molar-refractivity contribution is 6.43. The molecule has 0 atom stereocenters. The number of nitrogens with zero attached hydrogens (tertiary/aromatic N) is 1. The van der Waals surface area contributed by atoms with Crippen molar-refractivity contribution in [3.8, 4) is 5.75 Å². The van der Waals surface area contributed by atoms with Gasteiger partial charge in [0.25, 0.3) is 11.8 Å². The molecule has 0 radical (unpaired) electrons. The van der Waals surface area contributed by atoms with Crippen LogP contribution in [0, 0.1) is 0 Å². The van der Waals surface area contributed by atoms with Gasteiger partial charge in [0.05, 0.1) is 39.8 Å². The molecule has 0 aliphatic carbocycles. The van der Waals surface area contributed by atoms with Crippen LogP contribution in [0.15, 0.2) is 30.3 Å². The van der Waals surface area contributed by atoms with Crippen LogP contribution in [0.4, 0.5) is 0 Å². The normalized spacial score (nSPS) is 13.2. The van der Waals surface area contributed by atoms with E-state index in [9.17, 15) is 14.4 Å². The second kappa shape index (κ2) is 6.67. The average Bonchev–Trinajstić information content (AvgIpc) is 2.80. The molecule has 0 saturated carbocycles. The number of rotatable bonds is 4. The van der Waals surface area contributed by atoms with Gasteiger partial charge in [-0.25, -0.2) is 0 Å². The molecule has 0 spiro atoms. The summed E-state index contributed by atoms with van der Waals surface area (Å²) >= 11 is 17.8. The van der Waals surface area contributed by atoms with Crippen molar-refractivity contribution in [3.63, 3.8) is 0 Å². The number of carbonyl (C=O) groups is 3. The number of halogens is 3. The Hall–Kier alpha value is -2.08. The molecule has 1 heterocycles. The molecule has 0 unspecified atom stereocenters. The molecule has 1 aliphatic rings. The first-order valence-electron chi connectivity index (χ1n) is 7.05. The Morgan fingerprint density at radius 1 is 0.960 bits per heavy atom. The summed E-state index contributed by atoms with van der Waals surface area (Å²) in [6.45, 7) is -0.412. The van der Waals surface area contributed by atoms with E-state index in [1.54, 1.807) is 0 Å². The quantitative estimate of drug-likeness (QED) is 0.574. The van der Waals surface area contributed by atoms with Crippen molar-refractivity contribution >= 4 is 52.4 Å². The first-order valence-corrected chi connectivity index (χ1v) is 8.19. The van der Waals surface area contributed by atoms with E-state index in [1.165, 1.54) is 37.4 Å². The molecule has 0 aromatic heterocycles. The van der Waals surface area contributed by atoms with Gasteiger partial charge < -0.3 is 4.74 Å². The maximum atomic E-state index is 12.4. The molecule has 25 heavy (non-hydrogen) atoms. The molecule has 128 valence electrons. The van der Waals surface area contributed by atoms with Gasteiger partial charge in [-0.1, -0.05) is 34.8 Å². The zero-order valence-corrected chi connectivity index (χ0v) is 15.1. The first-order chi connectivity index (χ1) is 11.8. The topological polar surface area (TPSA) is 63.7 Å². The van der Waals surface area contributed by atoms with Crippen LogP contribution in [0.3, 0.4) is 0 Å². The molecule has 0 bridgehead atoms. The number of Topliss-reactive ketones (excluding diaryl/α,β-unsaturated/α-hetero) is 1. The molecule has 3 rings (SSSR count). The fourth-order valence-corrected chi connectivity index (χ4v) is 3.09. The van der Waals surface area contributed by atoms with Crippen LogP contribution in [0.1, 0.15) is 31.1 Å². The minimum absolute atomic E-state index is 0.125. The minimum atomic E-state index is -0.591. The average molecular weight is 399 g/mol. The molecule has 2 aromatic rings. The van der Waals surface area contributed by atoms with Crippen molar-refractivity contribution in [3.05, 3.63) is 62.1 Å². The van der Waals surface area contributed by atoms with Crippen molar-refractivity contribution in [2.24, 2.45) is 0 Å². The van der Waals surface area contributed by atoms with E-state index in [2.05, 4.69) is 0 Å². The van der Waals surface area contributed by atoms with E-state index in [1.807, 2.05) is 0 Å². The SMILES string of the molecule is COc1ccc(C(=O)CN2C(=O)c3cc(Cl)c(Cl)cc3C2=O)cc1Cl. The van der Waals surface area contributed by atoms with Gasteiger partial charge in [0.15, 0.2) is 5.78 Å². The van der Waals surface area contributed by atoms with Crippen LogP contribution in [0.5, 0.6) is 5.75 Å². The number of ketones is 1. The summed E-state index contributed by atoms with van der Waals surface area (Å²) in [7, 11) is 1.46. The van der Waals surface area contributed by atoms with Gasteiger partial charge in [0.1, 0.15) is 5.75 Å². The van der Waals surface area contributed by atoms with Crippen LogP contribution in [-0.2, 0) is 0 Å². The fourth-order valence-electron chi connectivity index (χ4n) is 2.50. The van der Waals surface area contributed by atoms with E-state index < -0.39 is 24.1 Å². The number of fused-ring (bicyclic) bond motifs is 1. The number of hydrogen-bond acceptors (Lipinski definition) is 4. The van der Waals surface area contributed by atoms with Crippen molar-refractivity contribution in [1.29, 1.82) is 0 Å². The van der Waals surface area contributed by atoms with Crippen molar-refractivity contribution in [2.75, 3.05) is 13.7 Å². The summed E-state index contributed by atoms with van der Waals surface area (Å²) < 4.78 is 5.03. The second-order valence-corrected chi connectivity index (χ2v) is 6.50. The Morgan fingerprint density at radius 2 is 1.52 bits per heavy atom. The molecular weight excluding hydrogens is 389 g/mol. The highest BCUT2D eigenvalue weighted by atomic mass is 35.5. The maximum absolute atomic E-state index is 12.4. The molecule has 0 fully saturated rings. The second-order valence-electron chi connectivity index (χ2n) is 5.28. The van der Waals surface area contributed by atoms with Crippen molar-refractivity contribution in [1.82, 2.24) is 4.90 Å². The van der Waals surface area contributed by atoms with Gasteiger partial charge in [-0.05, 0) is 30.3 Å². The zero-order chi connectivity index (χ0) is 18.3. The molecule has 1 aliphatic heterocycles. The molecule has 0 saturated heterocycles. The van der Waals surface area contributed by atoms with Crippen LogP contribution >= 0.6 is 34.8 Å². The minimum Gasteiger partial charge on any atom is -0.495 e. The van der Waals surface area contributed by atoms with Crippen LogP contribution in [0.2, 0.25) is 15.1 Å². The third-order valence-corrected chi connectivity index (χ3v) is 4.80. The van der Waals surface area contributed by atoms with Crippen molar-refractivity contribution < 1.29 is 19.1 Å². The van der Waals surface area contributed by atoms with E-state index in [0.29, 0.717) is 5.75 Å². The zero-order valence-electron chi connectivity index (χ0n) is 12.8. The molecule has 0 N–H and O–H groups in total. The highest BCUT2D eigenvalue weighted by Gasteiger charge is 2.37. The summed E-state index contributed by atoms with van der Waals surface area (Å²) in [5.74, 6) is -1.20. The molecular formula is C17H10Cl3NO4. The third-order valence-electron chi connectivity index (χ3n) is 3.79. The predicted molar refractivity (Wildman–Crippen MR) is 94.2 cm³/mol. The number of benzene rings is 2. The lowest BCUT2D eigenvalue weighted by Crippen LogP contribution is -2.34. The fraction of sp³-hybridized carbons (Fsp3) is 0.118. The Bertz CT molecular complexity index is 885. The smallest absolute Gasteiger partial charge is 0.262 e. The molecule has 2 amide bonds. The van der Waals surface area contributed by atoms with E-state index in [0.717, 1.165) is 4.90 Å². The predicted octanol–water partition coefficient (Wildman–Crippen LogP) is 4.13. The lowest BCUT2D eigenvalue weighted by molar-refractivity contribution is 0.0624. The van der Waals surface area contributed by atoms with E-state index in [-0.39, 0.29) is 31.8 Å². The van der Waals surface area contributed by atoms with Gasteiger partial charge in [-0.15, -0.1) is 0 Å². The molecule has 8 heteroatoms. The number of ether oxygens (including phenoxy) is 1. The summed E-state index contributed by atoms with van der Waals surface area (Å²) in [6.07, 6.45) is 0. The van der Waals surface area contributed by atoms with Gasteiger partial charge in [0, 0.05) is 5.56 Å². The van der Waals surface area contributed by atoms with E-state index >= 15 is 0 Å². The Labute approximate surface area is 158 Å². The van der Waals surface area contributed by atoms with Crippen LogP contribution < -0.4 is 4.74 Å². The Kier molecular flexibility index (Phi) is 4.73. The third kappa shape index (κ3) is 3.11. The van der Waals surface area contributed by atoms with Crippen LogP contribution in [0.25, 0.3) is 0 Å². The summed E-state index contributed by atoms with van der Waals surface area (Å²) in [5, 5.41) is 0.586. The first kappa shape index (κ1) is 17.7. The highest BCUT2D eigenvalue weighted by Crippen LogP contribution is 2.32. The van der Waals surface area contributed by atoms with Crippen LogP contribution in [-0.4, -0.2) is 36.2 Å². The number of amides is 2. The number of methoxy groups -OCH3 is 1. The monoisotopic (exact) mass is 397 g/mol.